The summed E-state index contributed by atoms with van der Waals surface area (Å²) >= 11 is 0. The lowest BCUT2D eigenvalue weighted by Crippen LogP contribution is -2.30. The predicted molar refractivity (Wildman–Crippen MR) is 80.2 cm³/mol. The van der Waals surface area contributed by atoms with Crippen molar-refractivity contribution in [3.63, 3.8) is 0 Å². The molecule has 0 unspecified atom stereocenters. The maximum atomic E-state index is 14.8. The van der Waals surface area contributed by atoms with Gasteiger partial charge in [0.05, 0.1) is 6.20 Å². The number of benzene rings is 2. The first-order chi connectivity index (χ1) is 10.3. The zero-order valence-corrected chi connectivity index (χ0v) is 12.4. The van der Waals surface area contributed by atoms with Crippen LogP contribution in [0.3, 0.4) is 0 Å². The lowest BCUT2D eigenvalue weighted by atomic mass is 10.0. The van der Waals surface area contributed by atoms with Gasteiger partial charge in [0.15, 0.2) is 5.82 Å². The Bertz CT molecular complexity index is 909. The van der Waals surface area contributed by atoms with Gasteiger partial charge >= 0.3 is 10.2 Å². The Balaban J connectivity index is 2.30. The van der Waals surface area contributed by atoms with E-state index in [0.717, 1.165) is 11.8 Å². The minimum atomic E-state index is -4.18. The van der Waals surface area contributed by atoms with Gasteiger partial charge < -0.3 is 10.2 Å². The third-order valence-corrected chi connectivity index (χ3v) is 4.73. The van der Waals surface area contributed by atoms with Crippen molar-refractivity contribution in [3.8, 4) is 5.75 Å². The van der Waals surface area contributed by atoms with Gasteiger partial charge in [0.25, 0.3) is 0 Å². The zero-order valence-electron chi connectivity index (χ0n) is 11.5. The molecule has 0 atom stereocenters. The zero-order chi connectivity index (χ0) is 16.1. The third-order valence-electron chi connectivity index (χ3n) is 3.46. The summed E-state index contributed by atoms with van der Waals surface area (Å²) in [5.41, 5.74) is 0.348. The Morgan fingerprint density at radius 2 is 2.00 bits per heavy atom. The smallest absolute Gasteiger partial charge is 0.330 e. The molecule has 0 spiro atoms. The fraction of sp³-hybridized carbons (Fsp3) is 0.143. The SMILES string of the molecule is CCc1ccc2cc(O)c(N3C=C(O)NS3(=O)=O)c(F)c2c1. The van der Waals surface area contributed by atoms with Gasteiger partial charge in [0.1, 0.15) is 11.4 Å². The minimum Gasteiger partial charge on any atom is -0.506 e. The highest BCUT2D eigenvalue weighted by Crippen LogP contribution is 2.39. The molecule has 1 aliphatic rings. The van der Waals surface area contributed by atoms with Crippen molar-refractivity contribution >= 4 is 26.7 Å². The standard InChI is InChI=1S/C14H13FN2O4S/c1-2-8-3-4-9-6-11(18)14(13(15)10(9)5-8)17-7-12(19)16-22(17,20)21/h3-7,16,18-19H,2H2,1H3. The van der Waals surface area contributed by atoms with Crippen LogP contribution in [0.15, 0.2) is 36.3 Å². The quantitative estimate of drug-likeness (QED) is 0.790. The summed E-state index contributed by atoms with van der Waals surface area (Å²) in [5.74, 6) is -2.06. The number of nitrogens with zero attached hydrogens (tertiary/aromatic N) is 1. The first-order valence-corrected chi connectivity index (χ1v) is 7.94. The second-order valence-electron chi connectivity index (χ2n) is 4.88. The Kier molecular flexibility index (Phi) is 3.13. The molecule has 22 heavy (non-hydrogen) atoms. The number of phenolic OH excluding ortho intramolecular Hbond substituents is 1. The van der Waals surface area contributed by atoms with E-state index in [1.54, 1.807) is 22.9 Å². The number of aryl methyl sites for hydroxylation is 1. The second-order valence-corrected chi connectivity index (χ2v) is 6.43. The number of aliphatic hydroxyl groups excluding tert-OH is 1. The first-order valence-electron chi connectivity index (χ1n) is 6.50. The molecule has 0 bridgehead atoms. The Hall–Kier alpha value is -2.48. The van der Waals surface area contributed by atoms with Crippen LogP contribution < -0.4 is 9.03 Å². The molecule has 1 aliphatic heterocycles. The number of aromatic hydroxyl groups is 1. The largest absolute Gasteiger partial charge is 0.506 e. The van der Waals surface area contributed by atoms with Gasteiger partial charge in [0, 0.05) is 5.39 Å². The Morgan fingerprint density at radius 1 is 1.27 bits per heavy atom. The highest BCUT2D eigenvalue weighted by Gasteiger charge is 2.33. The lowest BCUT2D eigenvalue weighted by molar-refractivity contribution is 0.392. The van der Waals surface area contributed by atoms with Gasteiger partial charge in [-0.1, -0.05) is 19.1 Å². The van der Waals surface area contributed by atoms with Gasteiger partial charge in [-0.2, -0.15) is 8.42 Å². The van der Waals surface area contributed by atoms with Crippen molar-refractivity contribution in [2.45, 2.75) is 13.3 Å². The van der Waals surface area contributed by atoms with Crippen molar-refractivity contribution in [2.24, 2.45) is 0 Å². The normalized spacial score (nSPS) is 16.6. The highest BCUT2D eigenvalue weighted by atomic mass is 32.2. The molecule has 6 nitrogen and oxygen atoms in total. The Morgan fingerprint density at radius 3 is 2.59 bits per heavy atom. The molecule has 2 aromatic rings. The van der Waals surface area contributed by atoms with Crippen molar-refractivity contribution in [1.29, 1.82) is 0 Å². The third kappa shape index (κ3) is 2.12. The molecule has 0 aromatic heterocycles. The van der Waals surface area contributed by atoms with Crippen molar-refractivity contribution < 1.29 is 23.0 Å². The van der Waals surface area contributed by atoms with Gasteiger partial charge in [-0.25, -0.2) is 13.4 Å². The molecule has 3 rings (SSSR count). The van der Waals surface area contributed by atoms with Crippen molar-refractivity contribution in [1.82, 2.24) is 4.72 Å². The second kappa shape index (κ2) is 4.77. The average molecular weight is 324 g/mol. The van der Waals surface area contributed by atoms with E-state index in [9.17, 15) is 23.0 Å². The van der Waals surface area contributed by atoms with E-state index < -0.39 is 33.3 Å². The van der Waals surface area contributed by atoms with Crippen LogP contribution in [-0.2, 0) is 16.6 Å². The number of rotatable bonds is 2. The number of halogens is 1. The number of aliphatic hydroxyl groups is 1. The highest BCUT2D eigenvalue weighted by molar-refractivity contribution is 7.91. The van der Waals surface area contributed by atoms with E-state index in [2.05, 4.69) is 0 Å². The van der Waals surface area contributed by atoms with E-state index in [1.165, 1.54) is 6.07 Å². The summed E-state index contributed by atoms with van der Waals surface area (Å²) in [5, 5.41) is 20.0. The van der Waals surface area contributed by atoms with Crippen LogP contribution in [0.4, 0.5) is 10.1 Å². The molecule has 0 saturated carbocycles. The molecule has 3 N–H and O–H groups in total. The van der Waals surface area contributed by atoms with E-state index in [1.807, 2.05) is 6.92 Å². The summed E-state index contributed by atoms with van der Waals surface area (Å²) in [6.45, 7) is 1.91. The van der Waals surface area contributed by atoms with Crippen LogP contribution in [0.2, 0.25) is 0 Å². The molecule has 0 aliphatic carbocycles. The fourth-order valence-electron chi connectivity index (χ4n) is 2.38. The number of anilines is 1. The number of phenols is 1. The molecular weight excluding hydrogens is 311 g/mol. The van der Waals surface area contributed by atoms with E-state index >= 15 is 0 Å². The van der Waals surface area contributed by atoms with Gasteiger partial charge in [0.2, 0.25) is 5.88 Å². The summed E-state index contributed by atoms with van der Waals surface area (Å²) < 4.78 is 40.8. The maximum absolute atomic E-state index is 14.8. The van der Waals surface area contributed by atoms with Crippen molar-refractivity contribution in [3.05, 3.63) is 47.7 Å². The van der Waals surface area contributed by atoms with Crippen molar-refractivity contribution in [2.75, 3.05) is 4.31 Å². The monoisotopic (exact) mass is 324 g/mol. The minimum absolute atomic E-state index is 0.196. The van der Waals surface area contributed by atoms with E-state index in [4.69, 9.17) is 0 Å². The van der Waals surface area contributed by atoms with Gasteiger partial charge in [-0.15, -0.1) is 0 Å². The first kappa shape index (κ1) is 14.5. The number of hydrogen-bond acceptors (Lipinski definition) is 4. The summed E-state index contributed by atoms with van der Waals surface area (Å²) in [6, 6.07) is 6.35. The van der Waals surface area contributed by atoms with Crippen LogP contribution in [-0.4, -0.2) is 18.6 Å². The maximum Gasteiger partial charge on any atom is 0.330 e. The summed E-state index contributed by atoms with van der Waals surface area (Å²) in [6.07, 6.45) is 1.48. The molecule has 0 saturated heterocycles. The van der Waals surface area contributed by atoms with Crippen LogP contribution in [0.1, 0.15) is 12.5 Å². The molecular formula is C14H13FN2O4S. The number of nitrogens with one attached hydrogen (secondary N) is 1. The molecule has 0 radical (unpaired) electrons. The molecule has 0 amide bonds. The van der Waals surface area contributed by atoms with Crippen LogP contribution in [0.5, 0.6) is 5.75 Å². The average Bonchev–Trinajstić information content (AvgIpc) is 2.71. The molecule has 8 heteroatoms. The predicted octanol–water partition coefficient (Wildman–Crippen LogP) is 2.26. The topological polar surface area (TPSA) is 89.9 Å². The lowest BCUT2D eigenvalue weighted by Gasteiger charge is -2.17. The van der Waals surface area contributed by atoms with Gasteiger partial charge in [-0.05, 0) is 29.5 Å². The Labute approximate surface area is 126 Å². The number of fused-ring (bicyclic) bond motifs is 1. The van der Waals surface area contributed by atoms with E-state index in [0.29, 0.717) is 16.1 Å². The molecule has 1 heterocycles. The molecule has 116 valence electrons. The molecule has 0 fully saturated rings. The van der Waals surface area contributed by atoms with Crippen LogP contribution >= 0.6 is 0 Å². The van der Waals surface area contributed by atoms with Crippen LogP contribution in [0.25, 0.3) is 10.8 Å². The van der Waals surface area contributed by atoms with Crippen LogP contribution in [0, 0.1) is 5.82 Å². The van der Waals surface area contributed by atoms with Gasteiger partial charge in [-0.3, -0.25) is 0 Å². The number of hydrogen-bond donors (Lipinski definition) is 3. The van der Waals surface area contributed by atoms with E-state index in [-0.39, 0.29) is 5.39 Å². The fourth-order valence-corrected chi connectivity index (χ4v) is 3.45. The summed E-state index contributed by atoms with van der Waals surface area (Å²) in [7, 11) is -4.18. The molecule has 2 aromatic carbocycles. The summed E-state index contributed by atoms with van der Waals surface area (Å²) in [4.78, 5) is 0.